The third-order valence-electron chi connectivity index (χ3n) is 6.48. The number of fused-ring (bicyclic) bond motifs is 1. The van der Waals surface area contributed by atoms with Gasteiger partial charge in [-0.3, -0.25) is 4.79 Å². The molecule has 4 rings (SSSR count). The van der Waals surface area contributed by atoms with Gasteiger partial charge in [-0.25, -0.2) is 9.64 Å². The van der Waals surface area contributed by atoms with Crippen molar-refractivity contribution in [2.45, 2.75) is 77.2 Å². The summed E-state index contributed by atoms with van der Waals surface area (Å²) < 4.78 is 11.5. The number of nitrogens with one attached hydrogen (secondary N) is 1. The summed E-state index contributed by atoms with van der Waals surface area (Å²) in [7, 11) is 0. The normalized spacial score (nSPS) is 19.6. The number of benzene rings is 2. The van der Waals surface area contributed by atoms with Crippen molar-refractivity contribution >= 4 is 29.3 Å². The van der Waals surface area contributed by atoms with Crippen molar-refractivity contribution in [1.82, 2.24) is 10.2 Å². The standard InChI is InChI=1S/C28H32ClN3O4/c1-28(2,3)36-27(34)32-14-13-18-15-19(5-6-20(18)17-32)26(33)31-21-7-9-22(10-8-21)35-23-11-12-25(30-4)24(29)16-23/h5-6,11-12,15-16,21-22H,7-10,13-14,17H2,1-3H3,(H,31,33). The monoisotopic (exact) mass is 509 g/mol. The van der Waals surface area contributed by atoms with E-state index in [2.05, 4.69) is 10.2 Å². The van der Waals surface area contributed by atoms with Crippen LogP contribution in [0.2, 0.25) is 5.02 Å². The van der Waals surface area contributed by atoms with Gasteiger partial charge in [-0.1, -0.05) is 23.7 Å². The third-order valence-corrected chi connectivity index (χ3v) is 6.79. The topological polar surface area (TPSA) is 72.2 Å². The number of halogens is 1. The Morgan fingerprint density at radius 3 is 2.50 bits per heavy atom. The number of carbonyl (C=O) groups is 2. The van der Waals surface area contributed by atoms with Crippen molar-refractivity contribution in [3.05, 3.63) is 69.5 Å². The molecule has 0 atom stereocenters. The maximum Gasteiger partial charge on any atom is 0.410 e. The number of amides is 2. The van der Waals surface area contributed by atoms with Gasteiger partial charge in [0.1, 0.15) is 11.4 Å². The van der Waals surface area contributed by atoms with Crippen LogP contribution in [-0.4, -0.2) is 41.2 Å². The van der Waals surface area contributed by atoms with Crippen LogP contribution in [0.1, 0.15) is 67.9 Å². The molecule has 36 heavy (non-hydrogen) atoms. The molecule has 0 unspecified atom stereocenters. The fourth-order valence-corrected chi connectivity index (χ4v) is 4.83. The van der Waals surface area contributed by atoms with Crippen LogP contribution in [0.3, 0.4) is 0 Å². The van der Waals surface area contributed by atoms with Gasteiger partial charge in [0.15, 0.2) is 0 Å². The lowest BCUT2D eigenvalue weighted by Gasteiger charge is -2.31. The molecule has 1 aliphatic heterocycles. The van der Waals surface area contributed by atoms with Crippen molar-refractivity contribution in [2.24, 2.45) is 0 Å². The Bertz CT molecular complexity index is 1180. The highest BCUT2D eigenvalue weighted by Crippen LogP contribution is 2.31. The van der Waals surface area contributed by atoms with Crippen molar-refractivity contribution in [3.8, 4) is 5.75 Å². The number of hydrogen-bond donors (Lipinski definition) is 1. The van der Waals surface area contributed by atoms with Crippen LogP contribution in [0.25, 0.3) is 4.85 Å². The number of rotatable bonds is 4. The van der Waals surface area contributed by atoms with Crippen LogP contribution >= 0.6 is 11.6 Å². The minimum Gasteiger partial charge on any atom is -0.490 e. The van der Waals surface area contributed by atoms with Crippen LogP contribution in [-0.2, 0) is 17.7 Å². The maximum atomic E-state index is 12.9. The Morgan fingerprint density at radius 2 is 1.83 bits per heavy atom. The van der Waals surface area contributed by atoms with Gasteiger partial charge in [0.05, 0.1) is 17.7 Å². The molecular weight excluding hydrogens is 478 g/mol. The van der Waals surface area contributed by atoms with Gasteiger partial charge < -0.3 is 19.7 Å². The first-order valence-corrected chi connectivity index (χ1v) is 12.7. The molecule has 1 aliphatic carbocycles. The van der Waals surface area contributed by atoms with Gasteiger partial charge in [0.25, 0.3) is 5.91 Å². The zero-order valence-corrected chi connectivity index (χ0v) is 21.7. The molecule has 2 aromatic rings. The molecule has 0 bridgehead atoms. The average Bonchev–Trinajstić information content (AvgIpc) is 2.83. The average molecular weight is 510 g/mol. The number of nitrogens with zero attached hydrogens (tertiary/aromatic N) is 2. The molecule has 1 N–H and O–H groups in total. The third kappa shape index (κ3) is 6.50. The van der Waals surface area contributed by atoms with Crippen molar-refractivity contribution in [3.63, 3.8) is 0 Å². The Morgan fingerprint density at radius 1 is 1.08 bits per heavy atom. The predicted octanol–water partition coefficient (Wildman–Crippen LogP) is 6.30. The van der Waals surface area contributed by atoms with Crippen LogP contribution in [0, 0.1) is 6.57 Å². The van der Waals surface area contributed by atoms with E-state index in [9.17, 15) is 9.59 Å². The zero-order chi connectivity index (χ0) is 25.9. The summed E-state index contributed by atoms with van der Waals surface area (Å²) in [5.41, 5.74) is 2.68. The lowest BCUT2D eigenvalue weighted by Crippen LogP contribution is -2.40. The summed E-state index contributed by atoms with van der Waals surface area (Å²) >= 11 is 6.11. The molecule has 2 amide bonds. The summed E-state index contributed by atoms with van der Waals surface area (Å²) in [6.45, 7) is 13.7. The van der Waals surface area contributed by atoms with Gasteiger partial charge >= 0.3 is 6.09 Å². The molecule has 7 nitrogen and oxygen atoms in total. The Labute approximate surface area is 217 Å². The van der Waals surface area contributed by atoms with E-state index in [1.54, 1.807) is 23.1 Å². The van der Waals surface area contributed by atoms with E-state index >= 15 is 0 Å². The first-order valence-electron chi connectivity index (χ1n) is 12.4. The van der Waals surface area contributed by atoms with Crippen molar-refractivity contribution in [1.29, 1.82) is 0 Å². The highest BCUT2D eigenvalue weighted by Gasteiger charge is 2.27. The quantitative estimate of drug-likeness (QED) is 0.490. The Hall–Kier alpha value is -3.24. The summed E-state index contributed by atoms with van der Waals surface area (Å²) in [6, 6.07) is 11.0. The van der Waals surface area contributed by atoms with Crippen LogP contribution in [0.4, 0.5) is 10.5 Å². The molecule has 0 radical (unpaired) electrons. The minimum atomic E-state index is -0.525. The molecule has 190 valence electrons. The molecule has 8 heteroatoms. The first-order chi connectivity index (χ1) is 17.1. The van der Waals surface area contributed by atoms with Crippen LogP contribution in [0.5, 0.6) is 5.75 Å². The van der Waals surface area contributed by atoms with Gasteiger partial charge in [-0.05, 0) is 88.3 Å². The highest BCUT2D eigenvalue weighted by atomic mass is 35.5. The fourth-order valence-electron chi connectivity index (χ4n) is 4.61. The molecule has 2 aromatic carbocycles. The summed E-state index contributed by atoms with van der Waals surface area (Å²) in [5, 5.41) is 3.56. The van der Waals surface area contributed by atoms with E-state index in [0.717, 1.165) is 36.8 Å². The summed E-state index contributed by atoms with van der Waals surface area (Å²) in [4.78, 5) is 30.4. The van der Waals surface area contributed by atoms with Crippen LogP contribution in [0.15, 0.2) is 36.4 Å². The Kier molecular flexibility index (Phi) is 7.75. The predicted molar refractivity (Wildman–Crippen MR) is 139 cm³/mol. The Balaban J connectivity index is 1.28. The zero-order valence-electron chi connectivity index (χ0n) is 21.0. The van der Waals surface area contributed by atoms with E-state index in [1.165, 1.54) is 0 Å². The first kappa shape index (κ1) is 25.8. The molecular formula is C28H32ClN3O4. The fraction of sp³-hybridized carbons (Fsp3) is 0.464. The molecule has 0 saturated heterocycles. The van der Waals surface area contributed by atoms with Crippen molar-refractivity contribution in [2.75, 3.05) is 6.54 Å². The number of hydrogen-bond acceptors (Lipinski definition) is 4. The van der Waals surface area contributed by atoms with E-state index < -0.39 is 5.60 Å². The van der Waals surface area contributed by atoms with Gasteiger partial charge in [-0.15, -0.1) is 0 Å². The molecule has 1 saturated carbocycles. The van der Waals surface area contributed by atoms with Gasteiger partial charge in [0.2, 0.25) is 5.69 Å². The van der Waals surface area contributed by atoms with Crippen LogP contribution < -0.4 is 10.1 Å². The molecule has 2 aliphatic rings. The van der Waals surface area contributed by atoms with E-state index in [-0.39, 0.29) is 24.1 Å². The van der Waals surface area contributed by atoms with E-state index in [4.69, 9.17) is 27.6 Å². The lowest BCUT2D eigenvalue weighted by molar-refractivity contribution is 0.0223. The van der Waals surface area contributed by atoms with E-state index in [0.29, 0.717) is 41.5 Å². The van der Waals surface area contributed by atoms with E-state index in [1.807, 2.05) is 39.0 Å². The smallest absolute Gasteiger partial charge is 0.410 e. The molecule has 1 fully saturated rings. The molecule has 0 aromatic heterocycles. The molecule has 1 heterocycles. The summed E-state index contributed by atoms with van der Waals surface area (Å²) in [5.74, 6) is 0.595. The largest absolute Gasteiger partial charge is 0.490 e. The lowest BCUT2D eigenvalue weighted by atomic mass is 9.92. The second kappa shape index (κ2) is 10.8. The molecule has 0 spiro atoms. The highest BCUT2D eigenvalue weighted by molar-refractivity contribution is 6.33. The second-order valence-corrected chi connectivity index (χ2v) is 10.8. The van der Waals surface area contributed by atoms with Gasteiger partial charge in [-0.2, -0.15) is 0 Å². The minimum absolute atomic E-state index is 0.0599. The summed E-state index contributed by atoms with van der Waals surface area (Å²) in [6.07, 6.45) is 3.78. The number of carbonyl (C=O) groups excluding carboxylic acids is 2. The maximum absolute atomic E-state index is 12.9. The van der Waals surface area contributed by atoms with Gasteiger partial charge in [0, 0.05) is 24.7 Å². The SMILES string of the molecule is [C-]#[N+]c1ccc(OC2CCC(NC(=O)c3ccc4c(c3)CCN(C(=O)OC(C)(C)C)C4)CC2)cc1Cl. The number of ether oxygens (including phenoxy) is 2. The van der Waals surface area contributed by atoms with Crippen molar-refractivity contribution < 1.29 is 19.1 Å². The second-order valence-electron chi connectivity index (χ2n) is 10.4.